The summed E-state index contributed by atoms with van der Waals surface area (Å²) < 4.78 is 36.0. The average molecular weight is 498 g/mol. The number of hydrogen-bond acceptors (Lipinski definition) is 11. The molecule has 14 heteroatoms. The number of nitrogens with one attached hydrogen (secondary N) is 1. The van der Waals surface area contributed by atoms with E-state index in [1.165, 1.54) is 45.4 Å². The summed E-state index contributed by atoms with van der Waals surface area (Å²) in [5.41, 5.74) is 4.69. The molecule has 186 valence electrons. The van der Waals surface area contributed by atoms with E-state index >= 15 is 0 Å². The fourth-order valence-corrected chi connectivity index (χ4v) is 5.06. The number of rotatable bonds is 9. The highest BCUT2D eigenvalue weighted by atomic mass is 31.2. The Kier molecular flexibility index (Phi) is 8.08. The van der Waals surface area contributed by atoms with Crippen molar-refractivity contribution in [1.29, 1.82) is 0 Å². The number of nitrogens with zero attached hydrogens (tertiary/aromatic N) is 2. The van der Waals surface area contributed by atoms with E-state index in [-0.39, 0.29) is 11.6 Å². The number of aliphatic hydroxyl groups excluding tert-OH is 2. The zero-order valence-corrected chi connectivity index (χ0v) is 19.6. The summed E-state index contributed by atoms with van der Waals surface area (Å²) in [5, 5.41) is 23.5. The summed E-state index contributed by atoms with van der Waals surface area (Å²) in [6, 6.07) is 8.35. The molecule has 0 amide bonds. The van der Waals surface area contributed by atoms with Gasteiger partial charge in [-0.3, -0.25) is 13.9 Å². The molecule has 1 fully saturated rings. The molecule has 7 atom stereocenters. The lowest BCUT2D eigenvalue weighted by Crippen LogP contribution is -2.41. The minimum atomic E-state index is -4.25. The van der Waals surface area contributed by atoms with Gasteiger partial charge >= 0.3 is 19.4 Å². The molecule has 0 spiro atoms. The predicted octanol–water partition coefficient (Wildman–Crippen LogP) is 0.188. The summed E-state index contributed by atoms with van der Waals surface area (Å²) in [4.78, 5) is 27.6. The first kappa shape index (κ1) is 25.8. The fourth-order valence-electron chi connectivity index (χ4n) is 3.37. The van der Waals surface area contributed by atoms with E-state index < -0.39 is 56.1 Å². The molecule has 1 aromatic heterocycles. The summed E-state index contributed by atoms with van der Waals surface area (Å²) in [7, 11) is -3.08. The third kappa shape index (κ3) is 5.81. The zero-order valence-electron chi connectivity index (χ0n) is 18.7. The number of para-hydroxylation sites is 1. The molecule has 0 radical (unpaired) electrons. The molecule has 0 unspecified atom stereocenters. The summed E-state index contributed by atoms with van der Waals surface area (Å²) in [6.07, 6.45) is -5.46. The average Bonchev–Trinajstić information content (AvgIpc) is 3.08. The number of nitrogens with two attached hydrogens (primary N) is 1. The van der Waals surface area contributed by atoms with Gasteiger partial charge in [0.05, 0.1) is 13.2 Å². The van der Waals surface area contributed by atoms with Crippen LogP contribution in [0.5, 0.6) is 5.75 Å². The van der Waals surface area contributed by atoms with Gasteiger partial charge in [0, 0.05) is 6.20 Å². The van der Waals surface area contributed by atoms with Gasteiger partial charge in [-0.15, -0.1) is 0 Å². The molecular weight excluding hydrogens is 471 g/mol. The van der Waals surface area contributed by atoms with E-state index in [1.54, 1.807) is 18.2 Å². The Morgan fingerprint density at radius 3 is 2.53 bits per heavy atom. The number of benzene rings is 1. The molecule has 1 saturated heterocycles. The molecule has 34 heavy (non-hydrogen) atoms. The smallest absolute Gasteiger partial charge is 0.459 e. The molecule has 1 aliphatic rings. The molecule has 1 aliphatic heterocycles. The molecular formula is C20H27N4O9P. The predicted molar refractivity (Wildman–Crippen MR) is 119 cm³/mol. The summed E-state index contributed by atoms with van der Waals surface area (Å²) in [5.74, 6) is -0.545. The molecule has 2 aromatic rings. The van der Waals surface area contributed by atoms with Crippen LogP contribution in [0.4, 0.5) is 5.82 Å². The van der Waals surface area contributed by atoms with E-state index in [9.17, 15) is 24.4 Å². The van der Waals surface area contributed by atoms with Crippen LogP contribution in [0.1, 0.15) is 20.1 Å². The monoisotopic (exact) mass is 498 g/mol. The van der Waals surface area contributed by atoms with Gasteiger partial charge in [-0.05, 0) is 32.0 Å². The number of anilines is 1. The standard InChI is InChI=1S/C20H27N4O9P/c1-11(19(27)30-3)23-34(29,33-13-7-5-4-6-8-13)32-12(2)17-15(25)16(26)18(31-17)24-10-9-14(21)22-20(24)28/h4-12,15-18,25-26H,1-3H3,(H,23,29)(H2,21,22,28)/t11-,12+,15+,16+,17-,18-,34+/m1/s1. The Bertz CT molecular complexity index is 1100. The van der Waals surface area contributed by atoms with Crippen molar-refractivity contribution in [3.05, 3.63) is 53.1 Å². The first-order chi connectivity index (χ1) is 16.0. The number of hydrogen-bond donors (Lipinski definition) is 4. The van der Waals surface area contributed by atoms with Gasteiger partial charge in [0.25, 0.3) is 0 Å². The SMILES string of the molecule is COC(=O)[C@@H](C)N[P@@](=O)(Oc1ccccc1)O[C@@H](C)[C@H]1O[C@@H](n2ccc(N)nc2=O)[C@@H](O)[C@@H]1O. The summed E-state index contributed by atoms with van der Waals surface area (Å²) >= 11 is 0. The number of aliphatic hydroxyl groups is 2. The lowest BCUT2D eigenvalue weighted by Gasteiger charge is -2.28. The van der Waals surface area contributed by atoms with E-state index in [4.69, 9.17) is 19.5 Å². The highest BCUT2D eigenvalue weighted by Gasteiger charge is 2.49. The fraction of sp³-hybridized carbons (Fsp3) is 0.450. The van der Waals surface area contributed by atoms with Crippen LogP contribution in [0.15, 0.2) is 47.4 Å². The van der Waals surface area contributed by atoms with E-state index in [0.29, 0.717) is 0 Å². The molecule has 1 aromatic carbocycles. The van der Waals surface area contributed by atoms with Gasteiger partial charge in [0.2, 0.25) is 0 Å². The van der Waals surface area contributed by atoms with Crippen molar-refractivity contribution in [3.8, 4) is 5.75 Å². The number of ether oxygens (including phenoxy) is 2. The van der Waals surface area contributed by atoms with Gasteiger partial charge in [-0.25, -0.2) is 9.36 Å². The second kappa shape index (κ2) is 10.6. The first-order valence-corrected chi connectivity index (χ1v) is 11.8. The van der Waals surface area contributed by atoms with Gasteiger partial charge in [0.15, 0.2) is 6.23 Å². The van der Waals surface area contributed by atoms with Crippen molar-refractivity contribution in [1.82, 2.24) is 14.6 Å². The van der Waals surface area contributed by atoms with E-state index in [0.717, 1.165) is 4.57 Å². The quantitative estimate of drug-likeness (QED) is 0.272. The Hall–Kier alpha value is -2.80. The number of nitrogen functional groups attached to an aromatic ring is 1. The molecule has 0 bridgehead atoms. The maximum atomic E-state index is 13.6. The topological polar surface area (TPSA) is 184 Å². The van der Waals surface area contributed by atoms with Crippen molar-refractivity contribution in [2.45, 2.75) is 50.5 Å². The van der Waals surface area contributed by atoms with Crippen molar-refractivity contribution in [2.24, 2.45) is 0 Å². The number of methoxy groups -OCH3 is 1. The van der Waals surface area contributed by atoms with Gasteiger partial charge in [-0.2, -0.15) is 10.1 Å². The van der Waals surface area contributed by atoms with Crippen molar-refractivity contribution >= 4 is 19.5 Å². The minimum absolute atomic E-state index is 0.0210. The molecule has 5 N–H and O–H groups in total. The molecule has 3 rings (SSSR count). The lowest BCUT2D eigenvalue weighted by atomic mass is 10.1. The Balaban J connectivity index is 1.82. The number of carbonyl (C=O) groups is 1. The second-order valence-corrected chi connectivity index (χ2v) is 9.25. The van der Waals surface area contributed by atoms with E-state index in [1.807, 2.05) is 0 Å². The van der Waals surface area contributed by atoms with Crippen LogP contribution in [-0.4, -0.2) is 63.3 Å². The molecule has 0 aliphatic carbocycles. The van der Waals surface area contributed by atoms with Crippen molar-refractivity contribution < 1.29 is 38.1 Å². The molecule has 0 saturated carbocycles. The maximum Gasteiger partial charge on any atom is 0.459 e. The highest BCUT2D eigenvalue weighted by molar-refractivity contribution is 7.52. The normalized spacial score (nSPS) is 25.8. The number of esters is 1. The van der Waals surface area contributed by atoms with Crippen LogP contribution in [-0.2, 0) is 23.4 Å². The maximum absolute atomic E-state index is 13.6. The van der Waals surface area contributed by atoms with Crippen LogP contribution in [0.25, 0.3) is 0 Å². The van der Waals surface area contributed by atoms with Gasteiger partial charge < -0.3 is 29.9 Å². The van der Waals surface area contributed by atoms with Crippen LogP contribution in [0.3, 0.4) is 0 Å². The van der Waals surface area contributed by atoms with Crippen LogP contribution in [0.2, 0.25) is 0 Å². The van der Waals surface area contributed by atoms with Crippen LogP contribution < -0.4 is 21.0 Å². The minimum Gasteiger partial charge on any atom is -0.468 e. The zero-order chi connectivity index (χ0) is 25.0. The van der Waals surface area contributed by atoms with Crippen LogP contribution in [0, 0.1) is 0 Å². The number of carbonyl (C=O) groups excluding carboxylic acids is 1. The third-order valence-corrected chi connectivity index (χ3v) is 6.81. The van der Waals surface area contributed by atoms with Crippen molar-refractivity contribution in [2.75, 3.05) is 12.8 Å². The first-order valence-electron chi connectivity index (χ1n) is 10.3. The molecule has 13 nitrogen and oxygen atoms in total. The van der Waals surface area contributed by atoms with Gasteiger partial charge in [-0.1, -0.05) is 18.2 Å². The third-order valence-electron chi connectivity index (χ3n) is 5.04. The van der Waals surface area contributed by atoms with E-state index in [2.05, 4.69) is 14.8 Å². The van der Waals surface area contributed by atoms with Gasteiger partial charge in [0.1, 0.15) is 35.9 Å². The Morgan fingerprint density at radius 1 is 1.24 bits per heavy atom. The number of aromatic nitrogens is 2. The lowest BCUT2D eigenvalue weighted by molar-refractivity contribution is -0.142. The second-order valence-electron chi connectivity index (χ2n) is 7.60. The Labute approximate surface area is 195 Å². The molecule has 2 heterocycles. The Morgan fingerprint density at radius 2 is 1.91 bits per heavy atom. The largest absolute Gasteiger partial charge is 0.468 e. The highest BCUT2D eigenvalue weighted by Crippen LogP contribution is 2.47. The van der Waals surface area contributed by atoms with Crippen LogP contribution >= 0.6 is 7.75 Å². The van der Waals surface area contributed by atoms with Crippen molar-refractivity contribution in [3.63, 3.8) is 0 Å². The summed E-state index contributed by atoms with van der Waals surface area (Å²) in [6.45, 7) is 2.83.